The molecule has 19 heavy (non-hydrogen) atoms. The zero-order valence-electron chi connectivity index (χ0n) is 10.5. The van der Waals surface area contributed by atoms with Crippen molar-refractivity contribution in [1.29, 1.82) is 0 Å². The first kappa shape index (κ1) is 10.5. The molecule has 1 saturated carbocycles. The molecule has 2 N–H and O–H groups in total. The Labute approximate surface area is 109 Å². The lowest BCUT2D eigenvalue weighted by molar-refractivity contribution is 0.770. The molecule has 0 radical (unpaired) electrons. The van der Waals surface area contributed by atoms with Crippen LogP contribution in [0.3, 0.4) is 0 Å². The summed E-state index contributed by atoms with van der Waals surface area (Å²) in [7, 11) is 1.87. The van der Waals surface area contributed by atoms with Crippen LogP contribution in [0.25, 0.3) is 11.2 Å². The second-order valence-corrected chi connectivity index (χ2v) is 4.81. The molecular weight excluding hydrogens is 242 g/mol. The molecule has 7 heteroatoms. The highest BCUT2D eigenvalue weighted by molar-refractivity contribution is 5.75. The number of aryl methyl sites for hydroxylation is 1. The highest BCUT2D eigenvalue weighted by Crippen LogP contribution is 2.41. The topological polar surface area (TPSA) is 84.3 Å². The molecule has 0 bridgehead atoms. The Hall–Kier alpha value is -2.44. The Bertz CT molecular complexity index is 737. The molecule has 1 aliphatic rings. The van der Waals surface area contributed by atoms with E-state index < -0.39 is 0 Å². The number of anilines is 2. The SMILES string of the molecule is Cn1ccc(Nc2nc(C3CC3)c3nc[nH]c3n2)n1. The summed E-state index contributed by atoms with van der Waals surface area (Å²) in [5.41, 5.74) is 2.69. The third-order valence-corrected chi connectivity index (χ3v) is 3.22. The third kappa shape index (κ3) is 1.83. The molecule has 4 rings (SSSR count). The Balaban J connectivity index is 1.77. The van der Waals surface area contributed by atoms with Crippen LogP contribution in [-0.2, 0) is 7.05 Å². The van der Waals surface area contributed by atoms with Gasteiger partial charge in [0.15, 0.2) is 11.5 Å². The van der Waals surface area contributed by atoms with Gasteiger partial charge >= 0.3 is 0 Å². The average Bonchev–Trinajstić information content (AvgIpc) is 3.00. The minimum Gasteiger partial charge on any atom is -0.329 e. The Kier molecular flexibility index (Phi) is 2.08. The Morgan fingerprint density at radius 3 is 3.00 bits per heavy atom. The highest BCUT2D eigenvalue weighted by Gasteiger charge is 2.29. The van der Waals surface area contributed by atoms with Crippen LogP contribution in [0.4, 0.5) is 11.8 Å². The van der Waals surface area contributed by atoms with E-state index in [1.54, 1.807) is 11.0 Å². The van der Waals surface area contributed by atoms with E-state index in [1.165, 1.54) is 12.8 Å². The number of hydrogen-bond acceptors (Lipinski definition) is 5. The fourth-order valence-corrected chi connectivity index (χ4v) is 2.15. The molecule has 1 aliphatic carbocycles. The number of aromatic nitrogens is 6. The summed E-state index contributed by atoms with van der Waals surface area (Å²) >= 11 is 0. The maximum atomic E-state index is 4.59. The van der Waals surface area contributed by atoms with Gasteiger partial charge in [0, 0.05) is 25.2 Å². The maximum Gasteiger partial charge on any atom is 0.230 e. The molecule has 1 fully saturated rings. The lowest BCUT2D eigenvalue weighted by atomic mass is 10.2. The average molecular weight is 255 g/mol. The molecule has 7 nitrogen and oxygen atoms in total. The summed E-state index contributed by atoms with van der Waals surface area (Å²) in [5.74, 6) is 1.83. The van der Waals surface area contributed by atoms with Gasteiger partial charge in [0.2, 0.25) is 5.95 Å². The van der Waals surface area contributed by atoms with Crippen LogP contribution in [-0.4, -0.2) is 29.7 Å². The summed E-state index contributed by atoms with van der Waals surface area (Å²) in [4.78, 5) is 16.4. The molecule has 0 unspecified atom stereocenters. The van der Waals surface area contributed by atoms with E-state index in [0.29, 0.717) is 11.9 Å². The summed E-state index contributed by atoms with van der Waals surface area (Å²) in [6.07, 6.45) is 5.90. The Morgan fingerprint density at radius 2 is 2.26 bits per heavy atom. The van der Waals surface area contributed by atoms with Gasteiger partial charge in [-0.3, -0.25) is 4.68 Å². The zero-order chi connectivity index (χ0) is 12.8. The van der Waals surface area contributed by atoms with Crippen molar-refractivity contribution in [2.24, 2.45) is 7.05 Å². The van der Waals surface area contributed by atoms with Crippen molar-refractivity contribution in [3.05, 3.63) is 24.3 Å². The van der Waals surface area contributed by atoms with Crippen molar-refractivity contribution in [2.75, 3.05) is 5.32 Å². The van der Waals surface area contributed by atoms with E-state index in [2.05, 4.69) is 30.4 Å². The van der Waals surface area contributed by atoms with Gasteiger partial charge in [0.1, 0.15) is 5.52 Å². The van der Waals surface area contributed by atoms with Gasteiger partial charge in [-0.1, -0.05) is 0 Å². The van der Waals surface area contributed by atoms with Crippen LogP contribution in [0, 0.1) is 0 Å². The number of fused-ring (bicyclic) bond motifs is 1. The van der Waals surface area contributed by atoms with E-state index in [4.69, 9.17) is 0 Å². The standard InChI is InChI=1S/C12H13N7/c1-19-5-4-8(18-19)15-12-16-9(7-2-3-7)10-11(17-12)14-6-13-10/h4-7H,2-3H2,1H3,(H2,13,14,15,16,17,18). The molecular formula is C12H13N7. The van der Waals surface area contributed by atoms with Crippen molar-refractivity contribution in [3.8, 4) is 0 Å². The first-order valence-electron chi connectivity index (χ1n) is 6.27. The molecule has 0 amide bonds. The van der Waals surface area contributed by atoms with E-state index in [1.807, 2.05) is 19.3 Å². The monoisotopic (exact) mass is 255 g/mol. The smallest absolute Gasteiger partial charge is 0.230 e. The minimum atomic E-state index is 0.526. The fourth-order valence-electron chi connectivity index (χ4n) is 2.15. The molecule has 0 spiro atoms. The van der Waals surface area contributed by atoms with Crippen molar-refractivity contribution >= 4 is 22.9 Å². The molecule has 0 saturated heterocycles. The summed E-state index contributed by atoms with van der Waals surface area (Å²) < 4.78 is 1.73. The zero-order valence-corrected chi connectivity index (χ0v) is 10.5. The third-order valence-electron chi connectivity index (χ3n) is 3.22. The van der Waals surface area contributed by atoms with E-state index in [0.717, 1.165) is 22.7 Å². The molecule has 0 aromatic carbocycles. The normalized spacial score (nSPS) is 15.0. The Morgan fingerprint density at radius 1 is 1.37 bits per heavy atom. The lowest BCUT2D eigenvalue weighted by Gasteiger charge is -2.04. The van der Waals surface area contributed by atoms with E-state index in [9.17, 15) is 0 Å². The van der Waals surface area contributed by atoms with Crippen molar-refractivity contribution in [1.82, 2.24) is 29.7 Å². The van der Waals surface area contributed by atoms with E-state index in [-0.39, 0.29) is 0 Å². The van der Waals surface area contributed by atoms with E-state index >= 15 is 0 Å². The largest absolute Gasteiger partial charge is 0.329 e. The highest BCUT2D eigenvalue weighted by atomic mass is 15.3. The predicted octanol–water partition coefficient (Wildman–Crippen LogP) is 1.71. The number of H-pyrrole nitrogens is 1. The van der Waals surface area contributed by atoms with Crippen LogP contribution in [0.1, 0.15) is 24.5 Å². The van der Waals surface area contributed by atoms with Gasteiger partial charge in [-0.25, -0.2) is 9.97 Å². The van der Waals surface area contributed by atoms with Crippen LogP contribution in [0.2, 0.25) is 0 Å². The van der Waals surface area contributed by atoms with Crippen LogP contribution >= 0.6 is 0 Å². The van der Waals surface area contributed by atoms with Gasteiger partial charge in [-0.2, -0.15) is 10.1 Å². The number of rotatable bonds is 3. The summed E-state index contributed by atoms with van der Waals surface area (Å²) in [6.45, 7) is 0. The van der Waals surface area contributed by atoms with Gasteiger partial charge in [-0.15, -0.1) is 0 Å². The second kappa shape index (κ2) is 3.78. The predicted molar refractivity (Wildman–Crippen MR) is 70.1 cm³/mol. The number of aromatic amines is 1. The van der Waals surface area contributed by atoms with Crippen molar-refractivity contribution < 1.29 is 0 Å². The number of nitrogens with one attached hydrogen (secondary N) is 2. The molecule has 96 valence electrons. The quantitative estimate of drug-likeness (QED) is 0.744. The van der Waals surface area contributed by atoms with Gasteiger partial charge < -0.3 is 10.3 Å². The first-order valence-corrected chi connectivity index (χ1v) is 6.27. The molecule has 3 aromatic heterocycles. The van der Waals surface area contributed by atoms with Crippen LogP contribution < -0.4 is 5.32 Å². The van der Waals surface area contributed by atoms with Crippen LogP contribution in [0.15, 0.2) is 18.6 Å². The van der Waals surface area contributed by atoms with Crippen molar-refractivity contribution in [2.45, 2.75) is 18.8 Å². The number of hydrogen-bond donors (Lipinski definition) is 2. The minimum absolute atomic E-state index is 0.526. The summed E-state index contributed by atoms with van der Waals surface area (Å²) in [6, 6.07) is 1.89. The maximum absolute atomic E-state index is 4.59. The molecule has 3 heterocycles. The molecule has 0 aliphatic heterocycles. The second-order valence-electron chi connectivity index (χ2n) is 4.81. The van der Waals surface area contributed by atoms with Gasteiger partial charge in [-0.05, 0) is 12.8 Å². The first-order chi connectivity index (χ1) is 9.29. The number of nitrogens with zero attached hydrogens (tertiary/aromatic N) is 5. The molecule has 0 atom stereocenters. The van der Waals surface area contributed by atoms with Crippen LogP contribution in [0.5, 0.6) is 0 Å². The fraction of sp³-hybridized carbons (Fsp3) is 0.333. The lowest BCUT2D eigenvalue weighted by Crippen LogP contribution is -2.02. The van der Waals surface area contributed by atoms with Gasteiger partial charge in [0.25, 0.3) is 0 Å². The molecule has 3 aromatic rings. The summed E-state index contributed by atoms with van der Waals surface area (Å²) in [5, 5.41) is 7.39. The number of imidazole rings is 1. The van der Waals surface area contributed by atoms with Gasteiger partial charge in [0.05, 0.1) is 12.0 Å². The van der Waals surface area contributed by atoms with Crippen molar-refractivity contribution in [3.63, 3.8) is 0 Å².